The first-order valence-electron chi connectivity index (χ1n) is 6.84. The number of halogens is 1. The van der Waals surface area contributed by atoms with Crippen LogP contribution >= 0.6 is 11.6 Å². The second kappa shape index (κ2) is 5.81. The molecule has 1 saturated heterocycles. The van der Waals surface area contributed by atoms with Gasteiger partial charge in [-0.15, -0.1) is 11.6 Å². The molecule has 0 unspecified atom stereocenters. The van der Waals surface area contributed by atoms with Gasteiger partial charge in [0.1, 0.15) is 22.9 Å². The fourth-order valence-corrected chi connectivity index (χ4v) is 2.80. The van der Waals surface area contributed by atoms with Crippen molar-refractivity contribution in [1.29, 1.82) is 0 Å². The lowest BCUT2D eigenvalue weighted by molar-refractivity contribution is -0.149. The van der Waals surface area contributed by atoms with E-state index in [4.69, 9.17) is 11.6 Å². The molecular weight excluding hydrogens is 320 g/mol. The van der Waals surface area contributed by atoms with Crippen molar-refractivity contribution < 1.29 is 19.8 Å². The van der Waals surface area contributed by atoms with Crippen LogP contribution in [-0.4, -0.2) is 32.4 Å². The number of hydrogen-bond acceptors (Lipinski definition) is 4. The Balaban J connectivity index is 1.82. The molecule has 1 aliphatic rings. The number of phenols is 2. The maximum absolute atomic E-state index is 12.2. The summed E-state index contributed by atoms with van der Waals surface area (Å²) in [6, 6.07) is 11.7. The van der Waals surface area contributed by atoms with Gasteiger partial charge in [-0.3, -0.25) is 15.0 Å². The van der Waals surface area contributed by atoms with E-state index in [0.717, 1.165) is 5.01 Å². The Morgan fingerprint density at radius 2 is 1.87 bits per heavy atom. The zero-order chi connectivity index (χ0) is 16.6. The number of nitrogens with zero attached hydrogens (tertiary/aromatic N) is 1. The summed E-state index contributed by atoms with van der Waals surface area (Å²) in [5.74, 6) is -1.22. The van der Waals surface area contributed by atoms with E-state index >= 15 is 0 Å². The van der Waals surface area contributed by atoms with Crippen LogP contribution in [0.4, 0.5) is 0 Å². The average Bonchev–Trinajstić information content (AvgIpc) is 2.54. The van der Waals surface area contributed by atoms with Crippen LogP contribution in [0.25, 0.3) is 0 Å². The maximum Gasteiger partial charge on any atom is 0.273 e. The number of nitrogens with one attached hydrogen (secondary N) is 1. The van der Waals surface area contributed by atoms with Crippen molar-refractivity contribution in [3.05, 3.63) is 59.7 Å². The maximum atomic E-state index is 12.2. The number of carbonyl (C=O) groups is 2. The van der Waals surface area contributed by atoms with Crippen LogP contribution in [0.3, 0.4) is 0 Å². The summed E-state index contributed by atoms with van der Waals surface area (Å²) in [6.07, 6.45) is 0. The van der Waals surface area contributed by atoms with E-state index in [1.165, 1.54) is 24.3 Å². The van der Waals surface area contributed by atoms with Gasteiger partial charge in [-0.25, -0.2) is 5.01 Å². The van der Waals surface area contributed by atoms with E-state index in [1.54, 1.807) is 24.3 Å². The number of para-hydroxylation sites is 1. The van der Waals surface area contributed by atoms with Crippen molar-refractivity contribution in [2.24, 2.45) is 0 Å². The molecule has 3 N–H and O–H groups in total. The minimum atomic E-state index is -0.832. The van der Waals surface area contributed by atoms with Crippen LogP contribution in [0.15, 0.2) is 48.5 Å². The quantitative estimate of drug-likeness (QED) is 0.592. The molecule has 6 nitrogen and oxygen atoms in total. The predicted molar refractivity (Wildman–Crippen MR) is 82.9 cm³/mol. The lowest BCUT2D eigenvalue weighted by Gasteiger charge is -2.43. The molecule has 0 radical (unpaired) electrons. The van der Waals surface area contributed by atoms with Crippen molar-refractivity contribution >= 4 is 23.4 Å². The van der Waals surface area contributed by atoms with Gasteiger partial charge in [0, 0.05) is 0 Å². The highest BCUT2D eigenvalue weighted by molar-refractivity contribution is 6.33. The Bertz CT molecular complexity index is 780. The first-order chi connectivity index (χ1) is 11.0. The van der Waals surface area contributed by atoms with Crippen molar-refractivity contribution in [2.75, 3.05) is 0 Å². The molecule has 2 aromatic rings. The third-order valence-electron chi connectivity index (χ3n) is 3.61. The molecule has 1 fully saturated rings. The van der Waals surface area contributed by atoms with Gasteiger partial charge in [0.05, 0.1) is 5.56 Å². The third-order valence-corrected chi connectivity index (χ3v) is 4.04. The number of carbonyl (C=O) groups excluding carboxylic acids is 2. The van der Waals surface area contributed by atoms with Crippen molar-refractivity contribution in [2.45, 2.75) is 11.4 Å². The van der Waals surface area contributed by atoms with Gasteiger partial charge in [-0.05, 0) is 29.8 Å². The third kappa shape index (κ3) is 2.68. The van der Waals surface area contributed by atoms with Gasteiger partial charge in [0.15, 0.2) is 0 Å². The van der Waals surface area contributed by atoms with Crippen LogP contribution in [0, 0.1) is 0 Å². The van der Waals surface area contributed by atoms with E-state index in [1.807, 2.05) is 0 Å². The molecule has 118 valence electrons. The highest BCUT2D eigenvalue weighted by Gasteiger charge is 2.48. The largest absolute Gasteiger partial charge is 0.508 e. The summed E-state index contributed by atoms with van der Waals surface area (Å²) >= 11 is 6.03. The van der Waals surface area contributed by atoms with Crippen LogP contribution in [-0.2, 0) is 4.79 Å². The molecule has 2 aromatic carbocycles. The van der Waals surface area contributed by atoms with E-state index in [0.29, 0.717) is 5.56 Å². The lowest BCUT2D eigenvalue weighted by Crippen LogP contribution is -2.63. The van der Waals surface area contributed by atoms with Crippen LogP contribution in [0.5, 0.6) is 11.5 Å². The predicted octanol–water partition coefficient (Wildman–Crippen LogP) is 1.93. The Labute approximate surface area is 136 Å². The summed E-state index contributed by atoms with van der Waals surface area (Å²) in [4.78, 5) is 24.1. The van der Waals surface area contributed by atoms with Gasteiger partial charge in [0.25, 0.3) is 11.8 Å². The lowest BCUT2D eigenvalue weighted by atomic mass is 9.95. The number of alkyl halides is 1. The van der Waals surface area contributed by atoms with Crippen molar-refractivity contribution in [3.63, 3.8) is 0 Å². The number of hydrogen-bond donors (Lipinski definition) is 3. The Morgan fingerprint density at radius 1 is 1.13 bits per heavy atom. The molecule has 2 amide bonds. The second-order valence-electron chi connectivity index (χ2n) is 5.11. The minimum absolute atomic E-state index is 0.0395. The number of phenolic OH excluding ortho intramolecular Hbond substituents is 2. The number of hydrazine groups is 1. The number of aromatic hydroxyl groups is 2. The Morgan fingerprint density at radius 3 is 2.57 bits per heavy atom. The summed E-state index contributed by atoms with van der Waals surface area (Å²) in [5, 5.41) is 19.5. The summed E-state index contributed by atoms with van der Waals surface area (Å²) < 4.78 is 0. The van der Waals surface area contributed by atoms with Gasteiger partial charge >= 0.3 is 0 Å². The average molecular weight is 333 g/mol. The SMILES string of the molecule is O=C(NN1C(=O)[C@H](Cl)[C@H]1c1cccc(O)c1)c1ccccc1O. The van der Waals surface area contributed by atoms with Crippen LogP contribution in [0.1, 0.15) is 22.0 Å². The van der Waals surface area contributed by atoms with E-state index < -0.39 is 23.2 Å². The molecule has 3 rings (SSSR count). The highest BCUT2D eigenvalue weighted by atomic mass is 35.5. The molecule has 23 heavy (non-hydrogen) atoms. The second-order valence-corrected chi connectivity index (χ2v) is 5.58. The number of benzene rings is 2. The topological polar surface area (TPSA) is 89.9 Å². The smallest absolute Gasteiger partial charge is 0.273 e. The number of β-lactam (4-membered cyclic amide) rings is 1. The standard InChI is InChI=1S/C16H13ClN2O4/c17-13-14(9-4-3-5-10(20)8-9)19(16(13)23)18-15(22)11-6-1-2-7-12(11)21/h1-8,13-14,20-21H,(H,18,22)/t13-,14-/m1/s1. The zero-order valence-electron chi connectivity index (χ0n) is 11.8. The molecule has 0 spiro atoms. The van der Waals surface area contributed by atoms with E-state index in [-0.39, 0.29) is 17.1 Å². The summed E-state index contributed by atoms with van der Waals surface area (Å²) in [6.45, 7) is 0. The first kappa shape index (κ1) is 15.2. The zero-order valence-corrected chi connectivity index (χ0v) is 12.6. The van der Waals surface area contributed by atoms with Gasteiger partial charge < -0.3 is 10.2 Å². The van der Waals surface area contributed by atoms with Gasteiger partial charge in [-0.1, -0.05) is 24.3 Å². The Hall–Kier alpha value is -2.73. The fraction of sp³-hybridized carbons (Fsp3) is 0.125. The molecule has 0 aliphatic carbocycles. The molecular formula is C16H13ClN2O4. The minimum Gasteiger partial charge on any atom is -0.508 e. The van der Waals surface area contributed by atoms with E-state index in [2.05, 4.69) is 5.43 Å². The first-order valence-corrected chi connectivity index (χ1v) is 7.27. The van der Waals surface area contributed by atoms with E-state index in [9.17, 15) is 19.8 Å². The van der Waals surface area contributed by atoms with Crippen LogP contribution < -0.4 is 5.43 Å². The Kier molecular flexibility index (Phi) is 3.83. The number of rotatable bonds is 3. The molecule has 1 heterocycles. The highest BCUT2D eigenvalue weighted by Crippen LogP contribution is 2.38. The molecule has 0 aromatic heterocycles. The van der Waals surface area contributed by atoms with Crippen molar-refractivity contribution in [1.82, 2.24) is 10.4 Å². The number of amides is 2. The fourth-order valence-electron chi connectivity index (χ4n) is 2.44. The molecule has 0 bridgehead atoms. The monoisotopic (exact) mass is 332 g/mol. The van der Waals surface area contributed by atoms with Gasteiger partial charge in [0.2, 0.25) is 0 Å². The summed E-state index contributed by atoms with van der Waals surface area (Å²) in [7, 11) is 0. The normalized spacial score (nSPS) is 20.0. The molecule has 2 atom stereocenters. The molecule has 7 heteroatoms. The van der Waals surface area contributed by atoms with Crippen LogP contribution in [0.2, 0.25) is 0 Å². The van der Waals surface area contributed by atoms with Gasteiger partial charge in [-0.2, -0.15) is 0 Å². The molecule has 1 aliphatic heterocycles. The molecule has 0 saturated carbocycles. The summed E-state index contributed by atoms with van der Waals surface area (Å²) in [5.41, 5.74) is 3.09. The van der Waals surface area contributed by atoms with Crippen molar-refractivity contribution in [3.8, 4) is 11.5 Å².